The van der Waals surface area contributed by atoms with E-state index >= 15 is 0 Å². The Hall–Kier alpha value is -0.630. The van der Waals surface area contributed by atoms with Crippen molar-refractivity contribution in [2.75, 3.05) is 19.6 Å². The second-order valence-electron chi connectivity index (χ2n) is 2.66. The summed E-state index contributed by atoms with van der Waals surface area (Å²) in [5, 5.41) is 0. The lowest BCUT2D eigenvalue weighted by atomic mass is 10.3. The first-order valence-corrected chi connectivity index (χ1v) is 3.88. The summed E-state index contributed by atoms with van der Waals surface area (Å²) in [5.74, 6) is 0. The van der Waals surface area contributed by atoms with Crippen molar-refractivity contribution in [1.82, 2.24) is 0 Å². The first-order valence-electron chi connectivity index (χ1n) is 3.88. The fraction of sp³-hybridized carbons (Fsp3) is 0.625. The van der Waals surface area contributed by atoms with Gasteiger partial charge in [0.1, 0.15) is 12.7 Å². The molecule has 0 unspecified atom stereocenters. The van der Waals surface area contributed by atoms with Crippen LogP contribution in [0, 0.1) is 0 Å². The summed E-state index contributed by atoms with van der Waals surface area (Å²) in [6, 6.07) is 0. The van der Waals surface area contributed by atoms with Gasteiger partial charge in [0.25, 0.3) is 0 Å². The monoisotopic (exact) mass is 139 g/mol. The van der Waals surface area contributed by atoms with Crippen molar-refractivity contribution in [2.24, 2.45) is 4.99 Å². The van der Waals surface area contributed by atoms with Gasteiger partial charge in [0, 0.05) is 0 Å². The summed E-state index contributed by atoms with van der Waals surface area (Å²) in [7, 11) is 0. The third-order valence-electron chi connectivity index (χ3n) is 2.28. The van der Waals surface area contributed by atoms with Gasteiger partial charge in [-0.05, 0) is 13.8 Å². The molecule has 0 aromatic rings. The lowest BCUT2D eigenvalue weighted by molar-refractivity contribution is -0.867. The Morgan fingerprint density at radius 2 is 2.10 bits per heavy atom. The molecule has 0 N–H and O–H groups in total. The summed E-state index contributed by atoms with van der Waals surface area (Å²) in [4.78, 5) is 4.05. The van der Waals surface area contributed by atoms with Crippen molar-refractivity contribution in [3.8, 4) is 0 Å². The molecule has 1 aliphatic heterocycles. The third-order valence-corrected chi connectivity index (χ3v) is 2.28. The van der Waals surface area contributed by atoms with Gasteiger partial charge in [-0.15, -0.1) is 0 Å². The molecule has 0 saturated carbocycles. The van der Waals surface area contributed by atoms with Gasteiger partial charge in [-0.25, -0.2) is 0 Å². The van der Waals surface area contributed by atoms with Crippen molar-refractivity contribution < 1.29 is 4.48 Å². The van der Waals surface area contributed by atoms with Crippen LogP contribution in [0.25, 0.3) is 0 Å². The van der Waals surface area contributed by atoms with Crippen molar-refractivity contribution in [1.29, 1.82) is 0 Å². The zero-order valence-corrected chi connectivity index (χ0v) is 6.75. The Labute approximate surface area is 62.5 Å². The number of rotatable bonds is 2. The Morgan fingerprint density at radius 3 is 2.40 bits per heavy atom. The Balaban J connectivity index is 2.66. The molecule has 0 aliphatic carbocycles. The second-order valence-corrected chi connectivity index (χ2v) is 2.66. The van der Waals surface area contributed by atoms with E-state index in [-0.39, 0.29) is 0 Å². The Kier molecular flexibility index (Phi) is 2.22. The summed E-state index contributed by atoms with van der Waals surface area (Å²) >= 11 is 0. The van der Waals surface area contributed by atoms with Crippen LogP contribution in [-0.4, -0.2) is 30.3 Å². The molecule has 56 valence electrons. The minimum Gasteiger partial charge on any atom is -0.292 e. The minimum absolute atomic E-state index is 1.06. The molecule has 0 fully saturated rings. The number of aliphatic imine (C=N–C) groups is 1. The maximum Gasteiger partial charge on any atom is 0.119 e. The van der Waals surface area contributed by atoms with Crippen LogP contribution in [0.4, 0.5) is 0 Å². The highest BCUT2D eigenvalue weighted by molar-refractivity contribution is 5.60. The molecule has 1 rings (SSSR count). The molecule has 0 atom stereocenters. The summed E-state index contributed by atoms with van der Waals surface area (Å²) in [6.45, 7) is 7.82. The van der Waals surface area contributed by atoms with Crippen LogP contribution >= 0.6 is 0 Å². The Bertz CT molecular complexity index is 155. The molecule has 0 aromatic heterocycles. The van der Waals surface area contributed by atoms with Gasteiger partial charge in [-0.3, -0.25) is 9.48 Å². The smallest absolute Gasteiger partial charge is 0.119 e. The molecule has 0 aromatic carbocycles. The number of nitrogens with zero attached hydrogens (tertiary/aromatic N) is 2. The van der Waals surface area contributed by atoms with Crippen LogP contribution in [0.2, 0.25) is 0 Å². The van der Waals surface area contributed by atoms with Crippen LogP contribution in [0.3, 0.4) is 0 Å². The van der Waals surface area contributed by atoms with Gasteiger partial charge < -0.3 is 0 Å². The SMILES string of the molecule is CC[N+]1(CC)C=CN=CC1. The summed E-state index contributed by atoms with van der Waals surface area (Å²) in [6.07, 6.45) is 6.07. The molecular formula is C8H15N2+. The highest BCUT2D eigenvalue weighted by atomic mass is 15.3. The van der Waals surface area contributed by atoms with Gasteiger partial charge in [0.2, 0.25) is 0 Å². The van der Waals surface area contributed by atoms with Crippen molar-refractivity contribution in [3.63, 3.8) is 0 Å². The molecule has 2 heteroatoms. The maximum absolute atomic E-state index is 4.05. The molecule has 0 spiro atoms. The van der Waals surface area contributed by atoms with Crippen LogP contribution in [-0.2, 0) is 0 Å². The molecule has 0 bridgehead atoms. The lowest BCUT2D eigenvalue weighted by Gasteiger charge is -2.31. The van der Waals surface area contributed by atoms with E-state index in [0.29, 0.717) is 0 Å². The standard InChI is InChI=1S/C8H15N2/c1-3-10(4-2)7-5-9-6-8-10/h5-7H,3-4,8H2,1-2H3/q+1. The van der Waals surface area contributed by atoms with Crippen LogP contribution in [0.15, 0.2) is 17.4 Å². The normalized spacial score (nSPS) is 21.4. The number of hydrogen-bond donors (Lipinski definition) is 0. The summed E-state index contributed by atoms with van der Waals surface area (Å²) in [5.41, 5.74) is 0. The number of hydrogen-bond acceptors (Lipinski definition) is 1. The molecular weight excluding hydrogens is 124 g/mol. The van der Waals surface area contributed by atoms with Crippen molar-refractivity contribution in [2.45, 2.75) is 13.8 Å². The topological polar surface area (TPSA) is 12.4 Å². The molecule has 0 radical (unpaired) electrons. The largest absolute Gasteiger partial charge is 0.292 e. The predicted molar refractivity (Wildman–Crippen MR) is 43.8 cm³/mol. The first kappa shape index (κ1) is 7.48. The van der Waals surface area contributed by atoms with Crippen molar-refractivity contribution in [3.05, 3.63) is 12.4 Å². The van der Waals surface area contributed by atoms with E-state index in [1.807, 2.05) is 12.4 Å². The highest BCUT2D eigenvalue weighted by Gasteiger charge is 2.19. The van der Waals surface area contributed by atoms with Crippen LogP contribution in [0.1, 0.15) is 13.8 Å². The van der Waals surface area contributed by atoms with Crippen LogP contribution in [0.5, 0.6) is 0 Å². The molecule has 2 nitrogen and oxygen atoms in total. The van der Waals surface area contributed by atoms with Gasteiger partial charge >= 0.3 is 0 Å². The van der Waals surface area contributed by atoms with Gasteiger partial charge in [0.05, 0.1) is 25.5 Å². The van der Waals surface area contributed by atoms with E-state index in [0.717, 1.165) is 11.0 Å². The lowest BCUT2D eigenvalue weighted by Crippen LogP contribution is -2.44. The van der Waals surface area contributed by atoms with Crippen molar-refractivity contribution >= 4 is 6.21 Å². The average molecular weight is 139 g/mol. The quantitative estimate of drug-likeness (QED) is 0.513. The summed E-state index contributed by atoms with van der Waals surface area (Å²) < 4.78 is 1.06. The molecule has 1 heterocycles. The van der Waals surface area contributed by atoms with Crippen LogP contribution < -0.4 is 0 Å². The van der Waals surface area contributed by atoms with E-state index in [1.54, 1.807) is 0 Å². The zero-order valence-electron chi connectivity index (χ0n) is 6.75. The van der Waals surface area contributed by atoms with Gasteiger partial charge in [0.15, 0.2) is 0 Å². The first-order chi connectivity index (χ1) is 4.83. The predicted octanol–water partition coefficient (Wildman–Crippen LogP) is 1.40. The van der Waals surface area contributed by atoms with E-state index in [2.05, 4.69) is 25.0 Å². The minimum atomic E-state index is 1.06. The molecule has 0 amide bonds. The van der Waals surface area contributed by atoms with Gasteiger partial charge in [-0.1, -0.05) is 0 Å². The Morgan fingerprint density at radius 1 is 1.40 bits per heavy atom. The molecule has 1 aliphatic rings. The van der Waals surface area contributed by atoms with E-state index in [4.69, 9.17) is 0 Å². The van der Waals surface area contributed by atoms with Gasteiger partial charge in [-0.2, -0.15) is 0 Å². The fourth-order valence-corrected chi connectivity index (χ4v) is 1.20. The zero-order chi connectivity index (χ0) is 7.45. The second kappa shape index (κ2) is 2.97. The fourth-order valence-electron chi connectivity index (χ4n) is 1.20. The highest BCUT2D eigenvalue weighted by Crippen LogP contribution is 2.08. The van der Waals surface area contributed by atoms with E-state index < -0.39 is 0 Å². The average Bonchev–Trinajstić information content (AvgIpc) is 2.06. The number of quaternary nitrogens is 1. The van der Waals surface area contributed by atoms with E-state index in [1.165, 1.54) is 13.1 Å². The molecule has 0 saturated heterocycles. The molecule has 10 heavy (non-hydrogen) atoms. The van der Waals surface area contributed by atoms with E-state index in [9.17, 15) is 0 Å². The maximum atomic E-state index is 4.05. The third kappa shape index (κ3) is 1.27.